The number of hydrogen-bond acceptors (Lipinski definition) is 2. The molecule has 14 heavy (non-hydrogen) atoms. The predicted octanol–water partition coefficient (Wildman–Crippen LogP) is 2.53. The second-order valence-corrected chi connectivity index (χ2v) is 4.16. The molecule has 0 aliphatic carbocycles. The Hall–Kier alpha value is -0.580. The van der Waals surface area contributed by atoms with Crippen molar-refractivity contribution in [2.45, 2.75) is 13.0 Å². The summed E-state index contributed by atoms with van der Waals surface area (Å²) < 4.78 is 0.690. The largest absolute Gasteiger partial charge is 0.479 e. The van der Waals surface area contributed by atoms with Crippen LogP contribution in [-0.4, -0.2) is 16.2 Å². The van der Waals surface area contributed by atoms with Crippen molar-refractivity contribution in [3.63, 3.8) is 0 Å². The maximum atomic E-state index is 10.6. The molecule has 1 unspecified atom stereocenters. The number of halogens is 2. The van der Waals surface area contributed by atoms with Crippen LogP contribution in [0.5, 0.6) is 0 Å². The summed E-state index contributed by atoms with van der Waals surface area (Å²) in [7, 11) is 0. The summed E-state index contributed by atoms with van der Waals surface area (Å²) in [6, 6.07) is 3.24. The fraction of sp³-hybridized carbons (Fsp3) is 0.222. The van der Waals surface area contributed by atoms with Crippen molar-refractivity contribution in [3.8, 4) is 0 Å². The molecule has 76 valence electrons. The average Bonchev–Trinajstić information content (AvgIpc) is 2.09. The van der Waals surface area contributed by atoms with Crippen LogP contribution in [0, 0.1) is 6.92 Å². The first-order valence-electron chi connectivity index (χ1n) is 3.80. The SMILES string of the molecule is Cc1cc(Br)cc(C(O)C(=O)O)c1Cl. The van der Waals surface area contributed by atoms with E-state index in [9.17, 15) is 9.90 Å². The smallest absolute Gasteiger partial charge is 0.337 e. The number of carbonyl (C=O) groups is 1. The number of aliphatic hydroxyl groups is 1. The first-order chi connectivity index (χ1) is 6.43. The van der Waals surface area contributed by atoms with E-state index in [0.29, 0.717) is 4.47 Å². The monoisotopic (exact) mass is 278 g/mol. The Labute approximate surface area is 94.4 Å². The fourth-order valence-electron chi connectivity index (χ4n) is 1.08. The van der Waals surface area contributed by atoms with E-state index in [0.717, 1.165) is 5.56 Å². The quantitative estimate of drug-likeness (QED) is 0.874. The summed E-state index contributed by atoms with van der Waals surface area (Å²) in [5.41, 5.74) is 0.919. The van der Waals surface area contributed by atoms with E-state index < -0.39 is 12.1 Å². The van der Waals surface area contributed by atoms with E-state index in [1.807, 2.05) is 0 Å². The molecule has 0 amide bonds. The van der Waals surface area contributed by atoms with Crippen LogP contribution < -0.4 is 0 Å². The van der Waals surface area contributed by atoms with E-state index in [-0.39, 0.29) is 10.6 Å². The van der Waals surface area contributed by atoms with Crippen LogP contribution in [-0.2, 0) is 4.79 Å². The fourth-order valence-corrected chi connectivity index (χ4v) is 1.89. The lowest BCUT2D eigenvalue weighted by atomic mass is 10.1. The van der Waals surface area contributed by atoms with Crippen molar-refractivity contribution in [1.82, 2.24) is 0 Å². The Morgan fingerprint density at radius 2 is 2.14 bits per heavy atom. The Balaban J connectivity index is 3.26. The minimum atomic E-state index is -1.58. The van der Waals surface area contributed by atoms with Crippen molar-refractivity contribution in [1.29, 1.82) is 0 Å². The van der Waals surface area contributed by atoms with Gasteiger partial charge in [-0.1, -0.05) is 27.5 Å². The molecule has 3 nitrogen and oxygen atoms in total. The molecule has 0 spiro atoms. The van der Waals surface area contributed by atoms with E-state index in [2.05, 4.69) is 15.9 Å². The number of carboxylic acids is 1. The molecule has 0 aromatic heterocycles. The summed E-state index contributed by atoms with van der Waals surface area (Å²) >= 11 is 9.06. The minimum absolute atomic E-state index is 0.200. The van der Waals surface area contributed by atoms with Gasteiger partial charge in [-0.2, -0.15) is 0 Å². The van der Waals surface area contributed by atoms with Gasteiger partial charge in [0.2, 0.25) is 0 Å². The van der Waals surface area contributed by atoms with Gasteiger partial charge in [0.15, 0.2) is 6.10 Å². The van der Waals surface area contributed by atoms with Gasteiger partial charge in [0.25, 0.3) is 0 Å². The molecule has 0 bridgehead atoms. The number of rotatable bonds is 2. The van der Waals surface area contributed by atoms with Crippen LogP contribution in [0.25, 0.3) is 0 Å². The highest BCUT2D eigenvalue weighted by Gasteiger charge is 2.20. The highest BCUT2D eigenvalue weighted by atomic mass is 79.9. The molecule has 5 heteroatoms. The van der Waals surface area contributed by atoms with Crippen LogP contribution in [0.15, 0.2) is 16.6 Å². The minimum Gasteiger partial charge on any atom is -0.479 e. The zero-order valence-electron chi connectivity index (χ0n) is 7.29. The van der Waals surface area contributed by atoms with Gasteiger partial charge >= 0.3 is 5.97 Å². The Kier molecular flexibility index (Phi) is 3.53. The summed E-state index contributed by atoms with van der Waals surface area (Å²) in [5.74, 6) is -1.32. The number of aryl methyl sites for hydroxylation is 1. The molecular formula is C9H8BrClO3. The van der Waals surface area contributed by atoms with Gasteiger partial charge in [-0.05, 0) is 24.6 Å². The molecule has 1 rings (SSSR count). The molecule has 0 aliphatic heterocycles. The van der Waals surface area contributed by atoms with Gasteiger partial charge in [0.1, 0.15) is 0 Å². The van der Waals surface area contributed by atoms with Crippen LogP contribution in [0.4, 0.5) is 0 Å². The third kappa shape index (κ3) is 2.26. The summed E-state index contributed by atoms with van der Waals surface area (Å²) in [6.45, 7) is 1.74. The van der Waals surface area contributed by atoms with Crippen molar-refractivity contribution in [3.05, 3.63) is 32.8 Å². The first-order valence-corrected chi connectivity index (χ1v) is 4.97. The third-order valence-corrected chi connectivity index (χ3v) is 2.75. The van der Waals surface area contributed by atoms with E-state index in [4.69, 9.17) is 16.7 Å². The molecule has 0 fully saturated rings. The summed E-state index contributed by atoms with van der Waals surface area (Å²) in [4.78, 5) is 10.6. The van der Waals surface area contributed by atoms with Gasteiger partial charge in [0.05, 0.1) is 0 Å². The number of hydrogen-bond donors (Lipinski definition) is 2. The topological polar surface area (TPSA) is 57.5 Å². The predicted molar refractivity (Wildman–Crippen MR) is 56.5 cm³/mol. The van der Waals surface area contributed by atoms with Crippen molar-refractivity contribution in [2.75, 3.05) is 0 Å². The Morgan fingerprint density at radius 3 is 2.64 bits per heavy atom. The highest BCUT2D eigenvalue weighted by Crippen LogP contribution is 2.30. The van der Waals surface area contributed by atoms with Crippen molar-refractivity contribution >= 4 is 33.5 Å². The lowest BCUT2D eigenvalue weighted by Crippen LogP contribution is -2.11. The second-order valence-electron chi connectivity index (χ2n) is 2.87. The number of carboxylic acid groups (broad SMARTS) is 1. The van der Waals surface area contributed by atoms with Gasteiger partial charge < -0.3 is 10.2 Å². The van der Waals surface area contributed by atoms with E-state index >= 15 is 0 Å². The zero-order chi connectivity index (χ0) is 10.9. The first kappa shape index (κ1) is 11.5. The number of benzene rings is 1. The van der Waals surface area contributed by atoms with E-state index in [1.165, 1.54) is 6.07 Å². The number of aliphatic carboxylic acids is 1. The molecule has 1 aromatic rings. The summed E-state index contributed by atoms with van der Waals surface area (Å²) in [6.07, 6.45) is -1.58. The highest BCUT2D eigenvalue weighted by molar-refractivity contribution is 9.10. The lowest BCUT2D eigenvalue weighted by Gasteiger charge is -2.10. The number of aliphatic hydroxyl groups excluding tert-OH is 1. The van der Waals surface area contributed by atoms with Gasteiger partial charge in [-0.25, -0.2) is 4.79 Å². The average molecular weight is 280 g/mol. The molecule has 1 aromatic carbocycles. The Morgan fingerprint density at radius 1 is 1.57 bits per heavy atom. The van der Waals surface area contributed by atoms with E-state index in [1.54, 1.807) is 13.0 Å². The van der Waals surface area contributed by atoms with Crippen LogP contribution in [0.1, 0.15) is 17.2 Å². The normalized spacial score (nSPS) is 12.6. The van der Waals surface area contributed by atoms with Gasteiger partial charge in [0, 0.05) is 15.1 Å². The molecule has 0 aliphatic rings. The molecule has 0 saturated carbocycles. The molecule has 0 saturated heterocycles. The molecular weight excluding hydrogens is 271 g/mol. The summed E-state index contributed by atoms with van der Waals surface area (Å²) in [5, 5.41) is 18.2. The molecule has 0 heterocycles. The molecule has 0 radical (unpaired) electrons. The van der Waals surface area contributed by atoms with Crippen LogP contribution >= 0.6 is 27.5 Å². The van der Waals surface area contributed by atoms with Crippen molar-refractivity contribution < 1.29 is 15.0 Å². The Bertz CT molecular complexity index is 379. The maximum absolute atomic E-state index is 10.6. The van der Waals surface area contributed by atoms with Gasteiger partial charge in [-0.3, -0.25) is 0 Å². The maximum Gasteiger partial charge on any atom is 0.337 e. The van der Waals surface area contributed by atoms with Crippen LogP contribution in [0.2, 0.25) is 5.02 Å². The molecule has 1 atom stereocenters. The van der Waals surface area contributed by atoms with Crippen LogP contribution in [0.3, 0.4) is 0 Å². The third-order valence-electron chi connectivity index (χ3n) is 1.78. The second kappa shape index (κ2) is 4.29. The zero-order valence-corrected chi connectivity index (χ0v) is 9.63. The standard InChI is InChI=1S/C9H8BrClO3/c1-4-2-5(10)3-6(7(4)11)8(12)9(13)14/h2-3,8,12H,1H3,(H,13,14). The van der Waals surface area contributed by atoms with Gasteiger partial charge in [-0.15, -0.1) is 0 Å². The van der Waals surface area contributed by atoms with Crippen molar-refractivity contribution in [2.24, 2.45) is 0 Å². The lowest BCUT2D eigenvalue weighted by molar-refractivity contribution is -0.146. The molecule has 2 N–H and O–H groups in total.